The molecule has 0 fully saturated rings. The van der Waals surface area contributed by atoms with Gasteiger partial charge in [0.05, 0.1) is 20.8 Å². The summed E-state index contributed by atoms with van der Waals surface area (Å²) in [4.78, 5) is 8.83. The number of hydrogen-bond acceptors (Lipinski definition) is 5. The normalized spacial score (nSPS) is 15.5. The first-order valence-corrected chi connectivity index (χ1v) is 11.0. The first kappa shape index (κ1) is 21.5. The second-order valence-corrected chi connectivity index (χ2v) is 8.20. The van der Waals surface area contributed by atoms with Crippen LogP contribution in [0, 0.1) is 0 Å². The molecule has 158 valence electrons. The van der Waals surface area contributed by atoms with Gasteiger partial charge < -0.3 is 20.1 Å². The van der Waals surface area contributed by atoms with Gasteiger partial charge in [0.1, 0.15) is 0 Å². The molecule has 0 saturated heterocycles. The van der Waals surface area contributed by atoms with Crippen molar-refractivity contribution in [3.05, 3.63) is 45.6 Å². The lowest BCUT2D eigenvalue weighted by Gasteiger charge is -2.32. The van der Waals surface area contributed by atoms with Crippen LogP contribution in [0.2, 0.25) is 0 Å². The van der Waals surface area contributed by atoms with Crippen molar-refractivity contribution in [2.75, 3.05) is 33.9 Å². The Kier molecular flexibility index (Phi) is 7.77. The van der Waals surface area contributed by atoms with Crippen molar-refractivity contribution in [3.63, 3.8) is 0 Å². The van der Waals surface area contributed by atoms with E-state index in [4.69, 9.17) is 14.5 Å². The van der Waals surface area contributed by atoms with E-state index in [9.17, 15) is 0 Å². The van der Waals surface area contributed by atoms with Crippen LogP contribution in [0.1, 0.15) is 29.9 Å². The molecule has 2 heterocycles. The quantitative estimate of drug-likeness (QED) is 0.511. The zero-order valence-electron chi connectivity index (χ0n) is 17.8. The average molecular weight is 417 g/mol. The highest BCUT2D eigenvalue weighted by molar-refractivity contribution is 7.10. The Morgan fingerprint density at radius 3 is 2.79 bits per heavy atom. The Morgan fingerprint density at radius 1 is 1.21 bits per heavy atom. The van der Waals surface area contributed by atoms with E-state index in [1.807, 2.05) is 29.5 Å². The van der Waals surface area contributed by atoms with E-state index in [1.165, 1.54) is 5.56 Å². The van der Waals surface area contributed by atoms with Gasteiger partial charge in [0.2, 0.25) is 0 Å². The fourth-order valence-corrected chi connectivity index (χ4v) is 4.40. The van der Waals surface area contributed by atoms with Gasteiger partial charge in [-0.2, -0.15) is 0 Å². The maximum Gasteiger partial charge on any atom is 0.191 e. The number of fused-ring (bicyclic) bond motifs is 1. The summed E-state index contributed by atoms with van der Waals surface area (Å²) in [5.41, 5.74) is 2.57. The van der Waals surface area contributed by atoms with Gasteiger partial charge in [0.15, 0.2) is 17.5 Å². The van der Waals surface area contributed by atoms with E-state index < -0.39 is 0 Å². The van der Waals surface area contributed by atoms with Crippen LogP contribution in [0.3, 0.4) is 0 Å². The van der Waals surface area contributed by atoms with Crippen LogP contribution in [-0.4, -0.2) is 50.8 Å². The van der Waals surface area contributed by atoms with Crippen molar-refractivity contribution < 1.29 is 9.47 Å². The van der Waals surface area contributed by atoms with Crippen LogP contribution in [-0.2, 0) is 19.5 Å². The molecule has 6 nitrogen and oxygen atoms in total. The zero-order valence-corrected chi connectivity index (χ0v) is 18.6. The monoisotopic (exact) mass is 416 g/mol. The number of nitrogens with zero attached hydrogens (tertiary/aromatic N) is 2. The molecule has 0 amide bonds. The lowest BCUT2D eigenvalue weighted by molar-refractivity contribution is 0.192. The number of ether oxygens (including phenoxy) is 2. The Labute approximate surface area is 177 Å². The summed E-state index contributed by atoms with van der Waals surface area (Å²) in [6.07, 6.45) is 1.16. The molecular weight excluding hydrogens is 384 g/mol. The van der Waals surface area contributed by atoms with E-state index in [0.717, 1.165) is 55.6 Å². The minimum absolute atomic E-state index is 0.438. The fourth-order valence-electron chi connectivity index (χ4n) is 3.51. The number of hydrogen-bond donors (Lipinski definition) is 2. The first-order chi connectivity index (χ1) is 14.1. The van der Waals surface area contributed by atoms with E-state index >= 15 is 0 Å². The SMILES string of the molecule is CCNC(=NCc1ccc(OC)c(OC)c1)NCC(C)N1CCc2sccc2C1. The van der Waals surface area contributed by atoms with Crippen LogP contribution in [0.4, 0.5) is 0 Å². The van der Waals surface area contributed by atoms with Crippen LogP contribution in [0.5, 0.6) is 11.5 Å². The second-order valence-electron chi connectivity index (χ2n) is 7.20. The van der Waals surface area contributed by atoms with Crippen molar-refractivity contribution >= 4 is 17.3 Å². The predicted octanol–water partition coefficient (Wildman–Crippen LogP) is 3.27. The minimum atomic E-state index is 0.438. The maximum absolute atomic E-state index is 5.39. The number of nitrogens with one attached hydrogen (secondary N) is 2. The van der Waals surface area contributed by atoms with Crippen molar-refractivity contribution in [3.8, 4) is 11.5 Å². The Bertz CT molecular complexity index is 821. The van der Waals surface area contributed by atoms with Crippen LogP contribution in [0.25, 0.3) is 0 Å². The number of aliphatic imine (C=N–C) groups is 1. The third-order valence-corrected chi connectivity index (χ3v) is 6.26. The van der Waals surface area contributed by atoms with E-state index in [2.05, 4.69) is 40.8 Å². The molecule has 1 aliphatic rings. The largest absolute Gasteiger partial charge is 0.493 e. The average Bonchev–Trinajstić information content (AvgIpc) is 3.23. The summed E-state index contributed by atoms with van der Waals surface area (Å²) in [5, 5.41) is 9.05. The molecule has 1 aromatic heterocycles. The smallest absolute Gasteiger partial charge is 0.191 e. The van der Waals surface area contributed by atoms with Crippen LogP contribution in [0.15, 0.2) is 34.6 Å². The molecule has 2 N–H and O–H groups in total. The molecule has 1 aliphatic heterocycles. The van der Waals surface area contributed by atoms with E-state index in [0.29, 0.717) is 12.6 Å². The van der Waals surface area contributed by atoms with Gasteiger partial charge in [0, 0.05) is 37.1 Å². The summed E-state index contributed by atoms with van der Waals surface area (Å²) in [6.45, 7) is 8.79. The molecule has 1 atom stereocenters. The van der Waals surface area contributed by atoms with Crippen molar-refractivity contribution in [1.82, 2.24) is 15.5 Å². The minimum Gasteiger partial charge on any atom is -0.493 e. The van der Waals surface area contributed by atoms with Crippen molar-refractivity contribution in [2.45, 2.75) is 39.4 Å². The Balaban J connectivity index is 1.57. The van der Waals surface area contributed by atoms with Gasteiger partial charge in [-0.25, -0.2) is 4.99 Å². The topological polar surface area (TPSA) is 58.1 Å². The molecule has 1 aromatic carbocycles. The van der Waals surface area contributed by atoms with Gasteiger partial charge in [-0.15, -0.1) is 11.3 Å². The summed E-state index contributed by atoms with van der Waals surface area (Å²) < 4.78 is 10.7. The number of guanidine groups is 1. The van der Waals surface area contributed by atoms with Crippen molar-refractivity contribution in [2.24, 2.45) is 4.99 Å². The molecule has 1 unspecified atom stereocenters. The molecule has 0 spiro atoms. The van der Waals surface area contributed by atoms with Gasteiger partial charge in [-0.1, -0.05) is 6.07 Å². The number of benzene rings is 1. The number of methoxy groups -OCH3 is 2. The van der Waals surface area contributed by atoms with Crippen LogP contribution < -0.4 is 20.1 Å². The Morgan fingerprint density at radius 2 is 2.03 bits per heavy atom. The Hall–Kier alpha value is -2.25. The summed E-state index contributed by atoms with van der Waals surface area (Å²) in [7, 11) is 3.29. The molecule has 3 rings (SSSR count). The number of thiophene rings is 1. The lowest BCUT2D eigenvalue weighted by atomic mass is 10.1. The van der Waals surface area contributed by atoms with Gasteiger partial charge >= 0.3 is 0 Å². The molecule has 2 aromatic rings. The molecule has 0 radical (unpaired) electrons. The van der Waals surface area contributed by atoms with E-state index in [1.54, 1.807) is 19.1 Å². The lowest BCUT2D eigenvalue weighted by Crippen LogP contribution is -2.47. The summed E-state index contributed by atoms with van der Waals surface area (Å²) in [6, 6.07) is 8.61. The second kappa shape index (κ2) is 10.5. The van der Waals surface area contributed by atoms with E-state index in [-0.39, 0.29) is 0 Å². The third-order valence-electron chi connectivity index (χ3n) is 5.24. The highest BCUT2D eigenvalue weighted by Gasteiger charge is 2.21. The first-order valence-electron chi connectivity index (χ1n) is 10.2. The molecular formula is C22H32N4O2S. The standard InChI is InChI=1S/C22H32N4O2S/c1-5-23-22(25-14-17-6-7-19(27-3)20(12-17)28-4)24-13-16(2)26-10-8-21-18(15-26)9-11-29-21/h6-7,9,11-12,16H,5,8,10,13-15H2,1-4H3,(H2,23,24,25). The molecule has 29 heavy (non-hydrogen) atoms. The zero-order chi connectivity index (χ0) is 20.6. The van der Waals surface area contributed by atoms with Crippen LogP contribution >= 0.6 is 11.3 Å². The molecule has 0 bridgehead atoms. The fraction of sp³-hybridized carbons (Fsp3) is 0.500. The highest BCUT2D eigenvalue weighted by Crippen LogP contribution is 2.28. The van der Waals surface area contributed by atoms with Gasteiger partial charge in [0.25, 0.3) is 0 Å². The summed E-state index contributed by atoms with van der Waals surface area (Å²) in [5.74, 6) is 2.29. The maximum atomic E-state index is 5.39. The third kappa shape index (κ3) is 5.64. The van der Waals surface area contributed by atoms with Gasteiger partial charge in [-0.05, 0) is 55.0 Å². The predicted molar refractivity (Wildman–Crippen MR) is 120 cm³/mol. The number of rotatable bonds is 8. The molecule has 0 saturated carbocycles. The molecule has 7 heteroatoms. The summed E-state index contributed by atoms with van der Waals surface area (Å²) >= 11 is 1.89. The molecule has 0 aliphatic carbocycles. The van der Waals surface area contributed by atoms with Crippen molar-refractivity contribution in [1.29, 1.82) is 0 Å². The highest BCUT2D eigenvalue weighted by atomic mass is 32.1. The van der Waals surface area contributed by atoms with Gasteiger partial charge in [-0.3, -0.25) is 4.90 Å².